The van der Waals surface area contributed by atoms with Gasteiger partial charge in [0.25, 0.3) is 0 Å². The highest BCUT2D eigenvalue weighted by Gasteiger charge is 2.22. The van der Waals surface area contributed by atoms with Crippen LogP contribution in [0.2, 0.25) is 0 Å². The molecule has 1 N–H and O–H groups in total. The number of aliphatic hydroxyl groups is 1. The van der Waals surface area contributed by atoms with E-state index >= 15 is 0 Å². The van der Waals surface area contributed by atoms with E-state index in [1.54, 1.807) is 25.4 Å². The molecule has 7 heteroatoms. The molecule has 2 aromatic rings. The Hall–Kier alpha value is -2.82. The molecule has 0 saturated carbocycles. The average Bonchev–Trinajstić information content (AvgIpc) is 2.73. The summed E-state index contributed by atoms with van der Waals surface area (Å²) in [7, 11) is 1.59. The van der Waals surface area contributed by atoms with E-state index in [4.69, 9.17) is 9.47 Å². The maximum atomic E-state index is 10.3. The van der Waals surface area contributed by atoms with Crippen LogP contribution in [-0.4, -0.2) is 67.5 Å². The van der Waals surface area contributed by atoms with E-state index in [-0.39, 0.29) is 6.61 Å². The molecule has 0 spiro atoms. The van der Waals surface area contributed by atoms with E-state index < -0.39 is 6.10 Å². The Morgan fingerprint density at radius 1 is 1.15 bits per heavy atom. The second-order valence-corrected chi connectivity index (χ2v) is 6.39. The number of pyridine rings is 1. The summed E-state index contributed by atoms with van der Waals surface area (Å²) in [5.41, 5.74) is 0.594. The maximum Gasteiger partial charge on any atom is 0.161 e. The third-order valence-electron chi connectivity index (χ3n) is 4.55. The molecule has 1 aromatic heterocycles. The Bertz CT molecular complexity index is 785. The fourth-order valence-corrected chi connectivity index (χ4v) is 3.15. The molecular formula is C20H24N4O3. The van der Waals surface area contributed by atoms with Gasteiger partial charge in [0.1, 0.15) is 24.6 Å². The van der Waals surface area contributed by atoms with Crippen LogP contribution < -0.4 is 14.4 Å². The lowest BCUT2D eigenvalue weighted by atomic mass is 10.2. The zero-order valence-corrected chi connectivity index (χ0v) is 15.4. The van der Waals surface area contributed by atoms with Crippen LogP contribution in [0.3, 0.4) is 0 Å². The molecule has 3 rings (SSSR count). The molecule has 1 fully saturated rings. The minimum Gasteiger partial charge on any atom is -0.493 e. The van der Waals surface area contributed by atoms with Gasteiger partial charge in [-0.05, 0) is 24.3 Å². The van der Waals surface area contributed by atoms with Crippen molar-refractivity contribution in [3.8, 4) is 17.6 Å². The normalized spacial score (nSPS) is 15.8. The first-order chi connectivity index (χ1) is 13.2. The van der Waals surface area contributed by atoms with Crippen molar-refractivity contribution < 1.29 is 14.6 Å². The van der Waals surface area contributed by atoms with Crippen LogP contribution in [-0.2, 0) is 0 Å². The fourth-order valence-electron chi connectivity index (χ4n) is 3.15. The number of hydrogen-bond acceptors (Lipinski definition) is 7. The van der Waals surface area contributed by atoms with Crippen LogP contribution >= 0.6 is 0 Å². The molecule has 1 aliphatic heterocycles. The number of benzene rings is 1. The number of β-amino-alcohol motifs (C(OH)–C–C–N with tert-alkyl or cyclic N) is 1. The Balaban J connectivity index is 1.47. The van der Waals surface area contributed by atoms with Crippen LogP contribution in [0.25, 0.3) is 0 Å². The summed E-state index contributed by atoms with van der Waals surface area (Å²) in [6.07, 6.45) is 1.12. The number of nitrogens with zero attached hydrogens (tertiary/aromatic N) is 4. The largest absolute Gasteiger partial charge is 0.493 e. The summed E-state index contributed by atoms with van der Waals surface area (Å²) in [5, 5.41) is 19.5. The third kappa shape index (κ3) is 4.88. The monoisotopic (exact) mass is 368 g/mol. The number of piperazine rings is 1. The number of anilines is 1. The molecule has 27 heavy (non-hydrogen) atoms. The molecule has 2 heterocycles. The lowest BCUT2D eigenvalue weighted by Gasteiger charge is -2.36. The maximum absolute atomic E-state index is 10.3. The van der Waals surface area contributed by atoms with Gasteiger partial charge in [0.05, 0.1) is 12.7 Å². The minimum absolute atomic E-state index is 0.208. The molecule has 7 nitrogen and oxygen atoms in total. The number of ether oxygens (including phenoxy) is 2. The van der Waals surface area contributed by atoms with Gasteiger partial charge >= 0.3 is 0 Å². The summed E-state index contributed by atoms with van der Waals surface area (Å²) in [4.78, 5) is 8.66. The highest BCUT2D eigenvalue weighted by atomic mass is 16.5. The van der Waals surface area contributed by atoms with Gasteiger partial charge in [-0.2, -0.15) is 5.26 Å². The summed E-state index contributed by atoms with van der Waals surface area (Å²) in [5.74, 6) is 2.02. The Morgan fingerprint density at radius 2 is 1.89 bits per heavy atom. The van der Waals surface area contributed by atoms with Gasteiger partial charge in [0, 0.05) is 38.9 Å². The van der Waals surface area contributed by atoms with Gasteiger partial charge in [-0.15, -0.1) is 0 Å². The van der Waals surface area contributed by atoms with Crippen molar-refractivity contribution in [3.63, 3.8) is 0 Å². The summed E-state index contributed by atoms with van der Waals surface area (Å²) < 4.78 is 10.9. The average molecular weight is 368 g/mol. The standard InChI is InChI=1S/C20H24N4O3/c1-26-18-6-2-3-7-19(18)27-15-17(25)14-23-9-11-24(12-10-23)20-16(13-21)5-4-8-22-20/h2-8,17,25H,9-12,14-15H2,1H3/t17-/m1/s1. The van der Waals surface area contributed by atoms with Crippen LogP contribution in [0.1, 0.15) is 5.56 Å². The molecule has 1 saturated heterocycles. The third-order valence-corrected chi connectivity index (χ3v) is 4.55. The molecule has 0 unspecified atom stereocenters. The first-order valence-electron chi connectivity index (χ1n) is 8.97. The van der Waals surface area contributed by atoms with Gasteiger partial charge in [0.2, 0.25) is 0 Å². The van der Waals surface area contributed by atoms with E-state index in [2.05, 4.69) is 20.9 Å². The van der Waals surface area contributed by atoms with E-state index in [1.807, 2.05) is 24.3 Å². The molecule has 0 bridgehead atoms. The highest BCUT2D eigenvalue weighted by Crippen LogP contribution is 2.26. The number of methoxy groups -OCH3 is 1. The van der Waals surface area contributed by atoms with Crippen molar-refractivity contribution in [1.29, 1.82) is 5.26 Å². The number of hydrogen-bond donors (Lipinski definition) is 1. The molecule has 0 aliphatic carbocycles. The first kappa shape index (κ1) is 19.0. The highest BCUT2D eigenvalue weighted by molar-refractivity contribution is 5.53. The van der Waals surface area contributed by atoms with Crippen LogP contribution in [0.4, 0.5) is 5.82 Å². The SMILES string of the molecule is COc1ccccc1OC[C@H](O)CN1CCN(c2ncccc2C#N)CC1. The van der Waals surface area contributed by atoms with Crippen molar-refractivity contribution in [3.05, 3.63) is 48.2 Å². The van der Waals surface area contributed by atoms with Gasteiger partial charge in [-0.25, -0.2) is 4.98 Å². The molecule has 0 radical (unpaired) electrons. The van der Waals surface area contributed by atoms with E-state index in [0.29, 0.717) is 23.6 Å². The van der Waals surface area contributed by atoms with Crippen LogP contribution in [0.15, 0.2) is 42.6 Å². The van der Waals surface area contributed by atoms with Crippen molar-refractivity contribution in [2.45, 2.75) is 6.10 Å². The van der Waals surface area contributed by atoms with Gasteiger partial charge < -0.3 is 19.5 Å². The van der Waals surface area contributed by atoms with Gasteiger partial charge in [0.15, 0.2) is 11.5 Å². The molecular weight excluding hydrogens is 344 g/mol. The predicted molar refractivity (Wildman–Crippen MR) is 102 cm³/mol. The number of para-hydroxylation sites is 2. The van der Waals surface area contributed by atoms with Crippen molar-refractivity contribution in [1.82, 2.24) is 9.88 Å². The molecule has 1 aliphatic rings. The molecule has 142 valence electrons. The minimum atomic E-state index is -0.592. The zero-order chi connectivity index (χ0) is 19.1. The molecule has 0 amide bonds. The number of rotatable bonds is 7. The van der Waals surface area contributed by atoms with E-state index in [1.165, 1.54) is 0 Å². The van der Waals surface area contributed by atoms with Crippen molar-refractivity contribution in [2.24, 2.45) is 0 Å². The molecule has 1 atom stereocenters. The predicted octanol–water partition coefficient (Wildman–Crippen LogP) is 1.52. The first-order valence-corrected chi connectivity index (χ1v) is 8.97. The summed E-state index contributed by atoms with van der Waals surface area (Å²) in [6.45, 7) is 3.88. The number of nitriles is 1. The number of aliphatic hydroxyl groups excluding tert-OH is 1. The van der Waals surface area contributed by atoms with E-state index in [9.17, 15) is 10.4 Å². The topological polar surface area (TPSA) is 81.8 Å². The van der Waals surface area contributed by atoms with Crippen molar-refractivity contribution >= 4 is 5.82 Å². The Morgan fingerprint density at radius 3 is 2.59 bits per heavy atom. The lowest BCUT2D eigenvalue weighted by molar-refractivity contribution is 0.0653. The summed E-state index contributed by atoms with van der Waals surface area (Å²) in [6, 6.07) is 13.2. The molecule has 1 aromatic carbocycles. The second kappa shape index (κ2) is 9.21. The lowest BCUT2D eigenvalue weighted by Crippen LogP contribution is -2.49. The van der Waals surface area contributed by atoms with E-state index in [0.717, 1.165) is 32.0 Å². The zero-order valence-electron chi connectivity index (χ0n) is 15.4. The smallest absolute Gasteiger partial charge is 0.161 e. The fraction of sp³-hybridized carbons (Fsp3) is 0.400. The summed E-state index contributed by atoms with van der Waals surface area (Å²) >= 11 is 0. The quantitative estimate of drug-likeness (QED) is 0.793. The van der Waals surface area contributed by atoms with Crippen LogP contribution in [0, 0.1) is 11.3 Å². The van der Waals surface area contributed by atoms with Crippen molar-refractivity contribution in [2.75, 3.05) is 51.3 Å². The van der Waals surface area contributed by atoms with Gasteiger partial charge in [-0.1, -0.05) is 12.1 Å². The Kier molecular flexibility index (Phi) is 6.47. The number of aromatic nitrogens is 1. The Labute approximate surface area is 159 Å². The van der Waals surface area contributed by atoms with Crippen LogP contribution in [0.5, 0.6) is 11.5 Å². The second-order valence-electron chi connectivity index (χ2n) is 6.39. The van der Waals surface area contributed by atoms with Gasteiger partial charge in [-0.3, -0.25) is 4.90 Å².